The maximum Gasteiger partial charge on any atom is 0.253 e. The van der Waals surface area contributed by atoms with Crippen LogP contribution in [0.15, 0.2) is 54.6 Å². The minimum atomic E-state index is 0.0880. The third kappa shape index (κ3) is 4.68. The standard InChI is InChI=1S/C21H27N3O/c1-23(21(25)20-9-7-17(13-22)8-10-20)14-19-11-12-24(16-19)15-18-5-3-2-4-6-18/h2-10,19H,11-16,22H2,1H3. The quantitative estimate of drug-likeness (QED) is 0.882. The fourth-order valence-corrected chi connectivity index (χ4v) is 3.52. The molecule has 2 aromatic rings. The van der Waals surface area contributed by atoms with Crippen LogP contribution in [-0.2, 0) is 13.1 Å². The third-order valence-corrected chi connectivity index (χ3v) is 4.93. The van der Waals surface area contributed by atoms with Crippen LogP contribution in [-0.4, -0.2) is 42.4 Å². The van der Waals surface area contributed by atoms with Gasteiger partial charge in [-0.3, -0.25) is 9.69 Å². The molecule has 1 aliphatic heterocycles. The number of hydrogen-bond acceptors (Lipinski definition) is 3. The molecule has 0 radical (unpaired) electrons. The van der Waals surface area contributed by atoms with Gasteiger partial charge in [0.1, 0.15) is 0 Å². The van der Waals surface area contributed by atoms with Crippen molar-refractivity contribution in [2.24, 2.45) is 11.7 Å². The SMILES string of the molecule is CN(CC1CCN(Cc2ccccc2)C1)C(=O)c1ccc(CN)cc1. The molecule has 0 aromatic heterocycles. The number of benzene rings is 2. The number of nitrogens with two attached hydrogens (primary N) is 1. The Bertz CT molecular complexity index is 684. The van der Waals surface area contributed by atoms with E-state index in [1.807, 2.05) is 36.2 Å². The molecule has 1 fully saturated rings. The van der Waals surface area contributed by atoms with Crippen molar-refractivity contribution in [1.82, 2.24) is 9.80 Å². The molecule has 1 heterocycles. The fourth-order valence-electron chi connectivity index (χ4n) is 3.52. The largest absolute Gasteiger partial charge is 0.341 e. The molecule has 0 bridgehead atoms. The minimum absolute atomic E-state index is 0.0880. The summed E-state index contributed by atoms with van der Waals surface area (Å²) in [7, 11) is 1.90. The highest BCUT2D eigenvalue weighted by Gasteiger charge is 2.25. The van der Waals surface area contributed by atoms with Gasteiger partial charge in [0.2, 0.25) is 0 Å². The van der Waals surface area contributed by atoms with Gasteiger partial charge in [-0.25, -0.2) is 0 Å². The second-order valence-electron chi connectivity index (χ2n) is 6.96. The fraction of sp³-hybridized carbons (Fsp3) is 0.381. The molecule has 2 N–H and O–H groups in total. The van der Waals surface area contributed by atoms with Gasteiger partial charge in [0.05, 0.1) is 0 Å². The molecule has 1 unspecified atom stereocenters. The van der Waals surface area contributed by atoms with Crippen molar-refractivity contribution in [2.45, 2.75) is 19.5 Å². The summed E-state index contributed by atoms with van der Waals surface area (Å²) in [6.45, 7) is 4.47. The summed E-state index contributed by atoms with van der Waals surface area (Å²) in [6.07, 6.45) is 1.15. The average molecular weight is 337 g/mol. The van der Waals surface area contributed by atoms with Crippen LogP contribution in [0.3, 0.4) is 0 Å². The molecule has 4 nitrogen and oxygen atoms in total. The van der Waals surface area contributed by atoms with Crippen LogP contribution < -0.4 is 5.73 Å². The predicted molar refractivity (Wildman–Crippen MR) is 101 cm³/mol. The first kappa shape index (κ1) is 17.6. The number of amides is 1. The number of nitrogens with zero attached hydrogens (tertiary/aromatic N) is 2. The zero-order chi connectivity index (χ0) is 17.6. The molecule has 25 heavy (non-hydrogen) atoms. The van der Waals surface area contributed by atoms with Gasteiger partial charge in [-0.15, -0.1) is 0 Å². The Labute approximate surface area is 150 Å². The molecule has 2 aromatic carbocycles. The maximum atomic E-state index is 12.6. The highest BCUT2D eigenvalue weighted by Crippen LogP contribution is 2.20. The van der Waals surface area contributed by atoms with Crippen molar-refractivity contribution >= 4 is 5.91 Å². The first-order valence-corrected chi connectivity index (χ1v) is 8.96. The summed E-state index contributed by atoms with van der Waals surface area (Å²) in [5.74, 6) is 0.631. The molecule has 0 spiro atoms. The molecule has 132 valence electrons. The Morgan fingerprint density at radius 1 is 1.12 bits per heavy atom. The Morgan fingerprint density at radius 2 is 1.84 bits per heavy atom. The van der Waals surface area contributed by atoms with Crippen LogP contribution in [0.1, 0.15) is 27.9 Å². The van der Waals surface area contributed by atoms with Crippen LogP contribution in [0.2, 0.25) is 0 Å². The lowest BCUT2D eigenvalue weighted by Crippen LogP contribution is -2.33. The van der Waals surface area contributed by atoms with E-state index < -0.39 is 0 Å². The first-order chi connectivity index (χ1) is 12.2. The van der Waals surface area contributed by atoms with Gasteiger partial charge >= 0.3 is 0 Å². The van der Waals surface area contributed by atoms with Crippen LogP contribution >= 0.6 is 0 Å². The Balaban J connectivity index is 1.51. The Morgan fingerprint density at radius 3 is 2.52 bits per heavy atom. The van der Waals surface area contributed by atoms with Gasteiger partial charge in [0, 0.05) is 38.8 Å². The van der Waals surface area contributed by atoms with Crippen molar-refractivity contribution in [2.75, 3.05) is 26.7 Å². The maximum absolute atomic E-state index is 12.6. The lowest BCUT2D eigenvalue weighted by molar-refractivity contribution is 0.0773. The summed E-state index contributed by atoms with van der Waals surface area (Å²) in [6, 6.07) is 18.2. The van der Waals surface area contributed by atoms with Crippen LogP contribution in [0.4, 0.5) is 0 Å². The van der Waals surface area contributed by atoms with Crippen molar-refractivity contribution in [3.63, 3.8) is 0 Å². The van der Waals surface area contributed by atoms with Gasteiger partial charge in [-0.1, -0.05) is 42.5 Å². The minimum Gasteiger partial charge on any atom is -0.341 e. The lowest BCUT2D eigenvalue weighted by atomic mass is 10.1. The van der Waals surface area contributed by atoms with E-state index in [1.54, 1.807) is 0 Å². The summed E-state index contributed by atoms with van der Waals surface area (Å²) in [4.78, 5) is 16.9. The lowest BCUT2D eigenvalue weighted by Gasteiger charge is -2.22. The van der Waals surface area contributed by atoms with Crippen molar-refractivity contribution in [1.29, 1.82) is 0 Å². The molecule has 1 saturated heterocycles. The Hall–Kier alpha value is -2.17. The normalized spacial score (nSPS) is 17.6. The molecule has 0 aliphatic carbocycles. The van der Waals surface area contributed by atoms with Crippen molar-refractivity contribution in [3.8, 4) is 0 Å². The van der Waals surface area contributed by atoms with E-state index >= 15 is 0 Å². The molecule has 0 saturated carbocycles. The number of hydrogen-bond donors (Lipinski definition) is 1. The molecule has 4 heteroatoms. The van der Waals surface area contributed by atoms with Crippen LogP contribution in [0.25, 0.3) is 0 Å². The van der Waals surface area contributed by atoms with Crippen molar-refractivity contribution in [3.05, 3.63) is 71.3 Å². The van der Waals surface area contributed by atoms with E-state index in [9.17, 15) is 4.79 Å². The molecule has 3 rings (SSSR count). The molecule has 1 atom stereocenters. The van der Waals surface area contributed by atoms with Gasteiger partial charge < -0.3 is 10.6 Å². The first-order valence-electron chi connectivity index (χ1n) is 8.96. The highest BCUT2D eigenvalue weighted by molar-refractivity contribution is 5.94. The highest BCUT2D eigenvalue weighted by atomic mass is 16.2. The smallest absolute Gasteiger partial charge is 0.253 e. The van der Waals surface area contributed by atoms with E-state index in [4.69, 9.17) is 5.73 Å². The average Bonchev–Trinajstić information content (AvgIpc) is 3.08. The second kappa shape index (κ2) is 8.28. The predicted octanol–water partition coefficient (Wildman–Crippen LogP) is 2.74. The second-order valence-corrected chi connectivity index (χ2v) is 6.96. The molecular weight excluding hydrogens is 310 g/mol. The number of rotatable bonds is 6. The third-order valence-electron chi connectivity index (χ3n) is 4.93. The molecular formula is C21H27N3O. The number of carbonyl (C=O) groups excluding carboxylic acids is 1. The number of carbonyl (C=O) groups is 1. The van der Waals surface area contributed by atoms with Crippen LogP contribution in [0, 0.1) is 5.92 Å². The van der Waals surface area contributed by atoms with E-state index in [-0.39, 0.29) is 5.91 Å². The van der Waals surface area contributed by atoms with E-state index in [2.05, 4.69) is 35.2 Å². The zero-order valence-corrected chi connectivity index (χ0v) is 14.9. The van der Waals surface area contributed by atoms with E-state index in [0.717, 1.165) is 43.7 Å². The summed E-state index contributed by atoms with van der Waals surface area (Å²) in [5.41, 5.74) is 8.75. The van der Waals surface area contributed by atoms with Crippen LogP contribution in [0.5, 0.6) is 0 Å². The topological polar surface area (TPSA) is 49.6 Å². The van der Waals surface area contributed by atoms with E-state index in [0.29, 0.717) is 12.5 Å². The summed E-state index contributed by atoms with van der Waals surface area (Å²) >= 11 is 0. The van der Waals surface area contributed by atoms with E-state index in [1.165, 1.54) is 5.56 Å². The Kier molecular flexibility index (Phi) is 5.84. The van der Waals surface area contributed by atoms with Gasteiger partial charge in [0.25, 0.3) is 5.91 Å². The molecule has 1 aliphatic rings. The number of likely N-dealkylation sites (tertiary alicyclic amines) is 1. The molecule has 1 amide bonds. The summed E-state index contributed by atoms with van der Waals surface area (Å²) in [5, 5.41) is 0. The monoisotopic (exact) mass is 337 g/mol. The van der Waals surface area contributed by atoms with Gasteiger partial charge in [0.15, 0.2) is 0 Å². The van der Waals surface area contributed by atoms with Gasteiger partial charge in [-0.2, -0.15) is 0 Å². The van der Waals surface area contributed by atoms with Crippen molar-refractivity contribution < 1.29 is 4.79 Å². The zero-order valence-electron chi connectivity index (χ0n) is 14.9. The van der Waals surface area contributed by atoms with Gasteiger partial charge in [-0.05, 0) is 42.1 Å². The summed E-state index contributed by atoms with van der Waals surface area (Å²) < 4.78 is 0.